The van der Waals surface area contributed by atoms with Crippen LogP contribution in [0.4, 0.5) is 5.82 Å². The fraction of sp³-hybridized carbons (Fsp3) is 0.267. The number of amides is 1. The summed E-state index contributed by atoms with van der Waals surface area (Å²) in [5.74, 6) is 1.32. The first-order chi connectivity index (χ1) is 10.6. The van der Waals surface area contributed by atoms with Crippen LogP contribution in [0.1, 0.15) is 16.1 Å². The summed E-state index contributed by atoms with van der Waals surface area (Å²) in [4.78, 5) is 25.2. The van der Waals surface area contributed by atoms with E-state index in [1.54, 1.807) is 15.8 Å². The minimum Gasteiger partial charge on any atom is -0.328 e. The molecular weight excluding hydrogens is 302 g/mol. The van der Waals surface area contributed by atoms with E-state index in [4.69, 9.17) is 11.6 Å². The lowest BCUT2D eigenvalue weighted by atomic mass is 10.2. The van der Waals surface area contributed by atoms with E-state index < -0.39 is 0 Å². The maximum Gasteiger partial charge on any atom is 0.281 e. The van der Waals surface area contributed by atoms with Gasteiger partial charge in [0.05, 0.1) is 19.4 Å². The smallest absolute Gasteiger partial charge is 0.281 e. The summed E-state index contributed by atoms with van der Waals surface area (Å²) in [7, 11) is 1.84. The van der Waals surface area contributed by atoms with Crippen LogP contribution in [0.15, 0.2) is 35.6 Å². The Kier molecular flexibility index (Phi) is 2.94. The van der Waals surface area contributed by atoms with E-state index in [1.165, 1.54) is 0 Å². The van der Waals surface area contributed by atoms with Crippen LogP contribution in [0.5, 0.6) is 0 Å². The summed E-state index contributed by atoms with van der Waals surface area (Å²) in [6.07, 6.45) is 1.67. The molecule has 0 radical (unpaired) electrons. The monoisotopic (exact) mass is 315 g/mol. The van der Waals surface area contributed by atoms with Crippen LogP contribution >= 0.6 is 11.6 Å². The van der Waals surface area contributed by atoms with Crippen molar-refractivity contribution >= 4 is 29.3 Å². The molecular formula is C15H14ClN5O. The molecule has 2 aromatic rings. The van der Waals surface area contributed by atoms with Gasteiger partial charge in [0.25, 0.3) is 5.91 Å². The molecule has 4 rings (SSSR count). The van der Waals surface area contributed by atoms with Crippen molar-refractivity contribution in [2.24, 2.45) is 12.0 Å². The maximum absolute atomic E-state index is 12.6. The predicted molar refractivity (Wildman–Crippen MR) is 84.2 cm³/mol. The van der Waals surface area contributed by atoms with Gasteiger partial charge in [-0.1, -0.05) is 23.7 Å². The van der Waals surface area contributed by atoms with Crippen molar-refractivity contribution in [2.45, 2.75) is 6.54 Å². The Morgan fingerprint density at radius 1 is 1.27 bits per heavy atom. The van der Waals surface area contributed by atoms with Gasteiger partial charge in [0.15, 0.2) is 11.5 Å². The van der Waals surface area contributed by atoms with Crippen LogP contribution in [-0.4, -0.2) is 39.4 Å². The van der Waals surface area contributed by atoms with Crippen LogP contribution in [0.3, 0.4) is 0 Å². The first kappa shape index (κ1) is 13.3. The van der Waals surface area contributed by atoms with Crippen molar-refractivity contribution in [2.75, 3.05) is 18.0 Å². The van der Waals surface area contributed by atoms with Gasteiger partial charge < -0.3 is 4.57 Å². The number of aromatic nitrogens is 2. The first-order valence-corrected chi connectivity index (χ1v) is 7.42. The zero-order chi connectivity index (χ0) is 15.3. The summed E-state index contributed by atoms with van der Waals surface area (Å²) in [5.41, 5.74) is 1.69. The van der Waals surface area contributed by atoms with Gasteiger partial charge in [-0.2, -0.15) is 0 Å². The Morgan fingerprint density at radius 2 is 2.05 bits per heavy atom. The minimum atomic E-state index is -0.0291. The molecule has 0 spiro atoms. The molecule has 0 unspecified atom stereocenters. The van der Waals surface area contributed by atoms with Crippen molar-refractivity contribution in [1.82, 2.24) is 14.5 Å². The number of aliphatic imine (C=N–C) groups is 1. The van der Waals surface area contributed by atoms with Gasteiger partial charge in [-0.25, -0.2) is 4.98 Å². The average molecular weight is 316 g/mol. The predicted octanol–water partition coefficient (Wildman–Crippen LogP) is 1.91. The second kappa shape index (κ2) is 4.84. The average Bonchev–Trinajstić information content (AvgIpc) is 3.13. The number of guanidine groups is 1. The molecule has 0 aliphatic carbocycles. The molecule has 6 nitrogen and oxygen atoms in total. The van der Waals surface area contributed by atoms with Gasteiger partial charge >= 0.3 is 0 Å². The molecule has 0 atom stereocenters. The molecule has 0 saturated carbocycles. The van der Waals surface area contributed by atoms with Gasteiger partial charge in [-0.3, -0.25) is 19.6 Å². The molecule has 1 aromatic carbocycles. The van der Waals surface area contributed by atoms with Crippen LogP contribution in [0.2, 0.25) is 5.02 Å². The molecule has 1 aromatic heterocycles. The molecule has 2 aliphatic rings. The van der Waals surface area contributed by atoms with E-state index >= 15 is 0 Å². The summed E-state index contributed by atoms with van der Waals surface area (Å²) >= 11 is 5.94. The maximum atomic E-state index is 12.6. The lowest BCUT2D eigenvalue weighted by molar-refractivity contribution is 0.0842. The highest BCUT2D eigenvalue weighted by Crippen LogP contribution is 2.30. The highest BCUT2D eigenvalue weighted by atomic mass is 35.5. The van der Waals surface area contributed by atoms with E-state index in [1.807, 2.05) is 36.2 Å². The summed E-state index contributed by atoms with van der Waals surface area (Å²) < 4.78 is 1.77. The fourth-order valence-corrected chi connectivity index (χ4v) is 2.99. The number of imidazole rings is 1. The lowest BCUT2D eigenvalue weighted by Gasteiger charge is -2.33. The third-order valence-electron chi connectivity index (χ3n) is 3.93. The number of benzene rings is 1. The zero-order valence-electron chi connectivity index (χ0n) is 12.0. The Balaban J connectivity index is 1.77. The third kappa shape index (κ3) is 1.91. The van der Waals surface area contributed by atoms with Gasteiger partial charge in [0, 0.05) is 18.6 Å². The van der Waals surface area contributed by atoms with Crippen molar-refractivity contribution in [3.8, 4) is 0 Å². The number of carbonyl (C=O) groups is 1. The number of hydrogen-bond acceptors (Lipinski definition) is 4. The number of nitrogens with zero attached hydrogens (tertiary/aromatic N) is 5. The quantitative estimate of drug-likeness (QED) is 0.850. The normalized spacial score (nSPS) is 16.6. The van der Waals surface area contributed by atoms with Crippen LogP contribution in [-0.2, 0) is 13.6 Å². The number of carbonyl (C=O) groups excluding carboxylic acids is 1. The van der Waals surface area contributed by atoms with Crippen LogP contribution < -0.4 is 4.90 Å². The highest BCUT2D eigenvalue weighted by molar-refractivity contribution is 6.30. The van der Waals surface area contributed by atoms with Crippen LogP contribution in [0.25, 0.3) is 0 Å². The summed E-state index contributed by atoms with van der Waals surface area (Å²) in [6.45, 7) is 1.85. The molecule has 1 amide bonds. The van der Waals surface area contributed by atoms with Gasteiger partial charge in [-0.15, -0.1) is 0 Å². The zero-order valence-corrected chi connectivity index (χ0v) is 12.8. The minimum absolute atomic E-state index is 0.0291. The van der Waals surface area contributed by atoms with E-state index in [0.717, 1.165) is 5.56 Å². The van der Waals surface area contributed by atoms with Crippen molar-refractivity contribution in [3.63, 3.8) is 0 Å². The second-order valence-electron chi connectivity index (χ2n) is 5.38. The topological polar surface area (TPSA) is 53.7 Å². The van der Waals surface area contributed by atoms with Crippen molar-refractivity contribution < 1.29 is 4.79 Å². The molecule has 3 heterocycles. The Labute approximate surface area is 132 Å². The molecule has 112 valence electrons. The number of fused-ring (bicyclic) bond motifs is 2. The highest BCUT2D eigenvalue weighted by Gasteiger charge is 2.40. The molecule has 7 heteroatoms. The second-order valence-corrected chi connectivity index (χ2v) is 5.82. The molecule has 0 bridgehead atoms. The lowest BCUT2D eigenvalue weighted by Crippen LogP contribution is -2.50. The number of hydrogen-bond donors (Lipinski definition) is 0. The number of halogens is 1. The van der Waals surface area contributed by atoms with Crippen molar-refractivity contribution in [3.05, 3.63) is 46.9 Å². The molecule has 22 heavy (non-hydrogen) atoms. The standard InChI is InChI=1S/C15H14ClN5O/c1-19-9-18-13-12(19)14(22)20-7-6-17-15(20)21(13)8-10-2-4-11(16)5-3-10/h2-5,9H,6-8H2,1H3. The molecule has 0 fully saturated rings. The summed E-state index contributed by atoms with van der Waals surface area (Å²) in [5, 5.41) is 0.705. The number of anilines is 1. The largest absolute Gasteiger partial charge is 0.328 e. The Bertz CT molecular complexity index is 780. The van der Waals surface area contributed by atoms with E-state index in [-0.39, 0.29) is 5.91 Å². The van der Waals surface area contributed by atoms with Gasteiger partial charge in [0.1, 0.15) is 0 Å². The number of aryl methyl sites for hydroxylation is 1. The summed E-state index contributed by atoms with van der Waals surface area (Å²) in [6, 6.07) is 7.67. The number of rotatable bonds is 2. The Morgan fingerprint density at radius 3 is 2.82 bits per heavy atom. The van der Waals surface area contributed by atoms with Gasteiger partial charge in [-0.05, 0) is 17.7 Å². The van der Waals surface area contributed by atoms with Crippen LogP contribution in [0, 0.1) is 0 Å². The van der Waals surface area contributed by atoms with Gasteiger partial charge in [0.2, 0.25) is 5.96 Å². The molecule has 0 saturated heterocycles. The SMILES string of the molecule is Cn1cnc2c1C(=O)N1CCN=C1N2Cc1ccc(Cl)cc1. The third-order valence-corrected chi connectivity index (χ3v) is 4.19. The van der Waals surface area contributed by atoms with E-state index in [0.29, 0.717) is 42.1 Å². The fourth-order valence-electron chi connectivity index (χ4n) is 2.86. The molecule has 0 N–H and O–H groups in total. The first-order valence-electron chi connectivity index (χ1n) is 7.05. The Hall–Kier alpha value is -2.34. The molecule has 2 aliphatic heterocycles. The van der Waals surface area contributed by atoms with E-state index in [2.05, 4.69) is 9.98 Å². The van der Waals surface area contributed by atoms with E-state index in [9.17, 15) is 4.79 Å². The van der Waals surface area contributed by atoms with Crippen molar-refractivity contribution in [1.29, 1.82) is 0 Å².